The van der Waals surface area contributed by atoms with Gasteiger partial charge in [-0.15, -0.1) is 0 Å². The topological polar surface area (TPSA) is 12.0 Å². The molecule has 0 aromatic heterocycles. The van der Waals surface area contributed by atoms with Gasteiger partial charge in [-0.3, -0.25) is 7.06 Å². The third kappa shape index (κ3) is 5.61. The van der Waals surface area contributed by atoms with E-state index in [1.165, 1.54) is 7.06 Å². The lowest BCUT2D eigenvalue weighted by Gasteiger charge is -2.50. The Morgan fingerprint density at radius 3 is 1.72 bits per heavy atom. The summed E-state index contributed by atoms with van der Waals surface area (Å²) >= 11 is 1.74. The van der Waals surface area contributed by atoms with Crippen molar-refractivity contribution in [3.63, 3.8) is 0 Å². The van der Waals surface area contributed by atoms with Crippen LogP contribution in [0.4, 0.5) is 0 Å². The summed E-state index contributed by atoms with van der Waals surface area (Å²) in [5.41, 5.74) is 0. The normalized spacial score (nSPS) is 10.4. The minimum atomic E-state index is -0.848. The molecule has 0 fully saturated rings. The quantitative estimate of drug-likeness (QED) is 0.267. The van der Waals surface area contributed by atoms with E-state index in [9.17, 15) is 0 Å². The number of hydrogen-bond acceptors (Lipinski definition) is 1. The smallest absolute Gasteiger partial charge is 0.123 e. The Balaban J connectivity index is 5.46. The minimum Gasteiger partial charge on any atom is -0.729 e. The molecular formula is HB16IN-3. The van der Waals surface area contributed by atoms with E-state index in [1.54, 1.807) is 22.9 Å². The molecule has 18 heavy (non-hydrogen) atoms. The first-order valence-electron chi connectivity index (χ1n) is 5.87. The van der Waals surface area contributed by atoms with Crippen molar-refractivity contribution in [2.75, 3.05) is 0 Å². The molecular weight excluding hydrogens is 314 g/mol. The number of rotatable bonds is 8. The molecule has 0 heterocycles. The molecule has 0 aliphatic rings. The van der Waals surface area contributed by atoms with Crippen molar-refractivity contribution in [3.05, 3.63) is 0 Å². The Kier molecular flexibility index (Phi) is 9.51. The van der Waals surface area contributed by atoms with E-state index in [1.807, 2.05) is 0 Å². The zero-order valence-electron chi connectivity index (χ0n) is 11.1. The van der Waals surface area contributed by atoms with Crippen LogP contribution < -0.4 is 3.43 Å². The monoisotopic (exact) mass is 320 g/mol. The molecule has 0 spiro atoms. The van der Waals surface area contributed by atoms with Crippen molar-refractivity contribution >= 4 is 137 Å². The highest BCUT2D eigenvalue weighted by molar-refractivity contribution is 14.1. The van der Waals surface area contributed by atoms with Crippen molar-refractivity contribution in [2.45, 2.75) is 0 Å². The SMILES string of the molecule is [3H]N(I)B(B(B([B])[B])B([B-])[B-])B(B([B])[B])B([B])[B][B-]. The molecule has 1 nitrogen and oxygen atoms in total. The van der Waals surface area contributed by atoms with E-state index in [0.29, 0.717) is 0 Å². The molecule has 0 rings (SSSR count). The van der Waals surface area contributed by atoms with Crippen LogP contribution in [-0.2, 0) is 0 Å². The summed E-state index contributed by atoms with van der Waals surface area (Å²) in [4.78, 5) is 0. The Bertz CT molecular complexity index is 233. The van der Waals surface area contributed by atoms with Crippen molar-refractivity contribution in [2.24, 2.45) is 0 Å². The number of hydrogen-bond donors (Lipinski definition) is 1. The molecule has 20 radical (unpaired) electrons. The fraction of sp³-hybridized carbons (Fsp3) is 0. The second-order valence-corrected chi connectivity index (χ2v) is 4.80. The maximum Gasteiger partial charge on any atom is 0.123 e. The third-order valence-corrected chi connectivity index (χ3v) is 3.54. The van der Waals surface area contributed by atoms with E-state index < -0.39 is 44.9 Å². The van der Waals surface area contributed by atoms with Gasteiger partial charge in [0.25, 0.3) is 0 Å². The van der Waals surface area contributed by atoms with Gasteiger partial charge in [-0.25, -0.2) is 0 Å². The largest absolute Gasteiger partial charge is 0.729 e. The summed E-state index contributed by atoms with van der Waals surface area (Å²) in [5.74, 6) is 0. The van der Waals surface area contributed by atoms with Gasteiger partial charge < -0.3 is 33.0 Å². The molecule has 0 amide bonds. The first-order chi connectivity index (χ1) is 8.64. The van der Waals surface area contributed by atoms with E-state index >= 15 is 0 Å². The summed E-state index contributed by atoms with van der Waals surface area (Å²) in [6, 6.07) is 0. The molecule has 0 bridgehead atoms. The average Bonchev–Trinajstić information content (AvgIpc) is 2.25. The molecule has 64 valence electrons. The first-order valence-corrected chi connectivity index (χ1v) is 6.39. The Morgan fingerprint density at radius 1 is 1.06 bits per heavy atom. The standard InChI is InChI=1S/B16HIN/c1-9-13(8)15(12(6)7)16(18-17)14(10(2)3)11(4)5/h18H/q-3/i/hT. The van der Waals surface area contributed by atoms with Crippen LogP contribution in [0, 0.1) is 0 Å². The summed E-state index contributed by atoms with van der Waals surface area (Å²) < 4.78 is 8.91. The molecule has 0 aromatic carbocycles. The van der Waals surface area contributed by atoms with E-state index in [0.717, 1.165) is 3.43 Å². The maximum absolute atomic E-state index is 7.82. The van der Waals surface area contributed by atoms with Crippen LogP contribution in [0.25, 0.3) is 0 Å². The minimum absolute atomic E-state index is 0.575. The molecule has 0 aliphatic heterocycles. The van der Waals surface area contributed by atoms with E-state index in [2.05, 4.69) is 0 Å². The van der Waals surface area contributed by atoms with Crippen LogP contribution in [0.5, 0.6) is 0 Å². The maximum atomic E-state index is 7.82. The number of halogens is 1. The average molecular weight is 317 g/mol. The molecule has 0 unspecified atom stereocenters. The summed E-state index contributed by atoms with van der Waals surface area (Å²) in [6.07, 6.45) is -4.37. The van der Waals surface area contributed by atoms with Crippen molar-refractivity contribution in [1.29, 1.82) is 0 Å². The van der Waals surface area contributed by atoms with Gasteiger partial charge in [0, 0.05) is 51.1 Å². The van der Waals surface area contributed by atoms with Gasteiger partial charge in [-0.05, 0) is 42.4 Å². The van der Waals surface area contributed by atoms with Crippen molar-refractivity contribution in [3.8, 4) is 0 Å². The summed E-state index contributed by atoms with van der Waals surface area (Å²) in [7, 11) is 46.8. The lowest BCUT2D eigenvalue weighted by Crippen LogP contribution is -2.77. The molecule has 0 aromatic rings. The zero-order valence-corrected chi connectivity index (χ0v) is 12.2. The van der Waals surface area contributed by atoms with Gasteiger partial charge >= 0.3 is 0 Å². The van der Waals surface area contributed by atoms with Crippen LogP contribution in [0.1, 0.15) is 0 Å². The third-order valence-electron chi connectivity index (χ3n) is 2.90. The van der Waals surface area contributed by atoms with Gasteiger partial charge in [0.15, 0.2) is 0 Å². The fourth-order valence-electron chi connectivity index (χ4n) is 1.94. The zero-order chi connectivity index (χ0) is 15.3. The lowest BCUT2D eigenvalue weighted by molar-refractivity contribution is 1.79. The lowest BCUT2D eigenvalue weighted by atomic mass is 8.49. The second-order valence-electron chi connectivity index (χ2n) is 4.24. The highest BCUT2D eigenvalue weighted by Gasteiger charge is 2.36. The molecule has 0 aliphatic carbocycles. The molecule has 1 N–H and O–H groups in total. The molecule has 0 saturated heterocycles. The Hall–Kier alpha value is 1.73. The van der Waals surface area contributed by atoms with Crippen LogP contribution in [0.2, 0.25) is 1.41 Å². The van der Waals surface area contributed by atoms with E-state index in [-0.39, 0.29) is 0 Å². The van der Waals surface area contributed by atoms with Crippen molar-refractivity contribution < 1.29 is 1.41 Å². The molecule has 18 heteroatoms. The summed E-state index contributed by atoms with van der Waals surface area (Å²) in [5, 5.41) is 0. The van der Waals surface area contributed by atoms with Crippen LogP contribution in [-0.4, -0.2) is 114 Å². The Labute approximate surface area is 141 Å². The van der Waals surface area contributed by atoms with Crippen LogP contribution in [0.3, 0.4) is 0 Å². The molecule has 0 saturated carbocycles. The van der Waals surface area contributed by atoms with Crippen LogP contribution >= 0.6 is 22.9 Å². The van der Waals surface area contributed by atoms with Gasteiger partial charge in [0.2, 0.25) is 0 Å². The van der Waals surface area contributed by atoms with Crippen LogP contribution in [0.15, 0.2) is 0 Å². The fourth-order valence-corrected chi connectivity index (χ4v) is 2.68. The highest BCUT2D eigenvalue weighted by Crippen LogP contribution is 2.02. The molecule has 0 atom stereocenters. The number of nitrogens with one attached hydrogen (secondary N) is 1. The van der Waals surface area contributed by atoms with Gasteiger partial charge in [-0.1, -0.05) is 0 Å². The highest BCUT2D eigenvalue weighted by atomic mass is 127. The first kappa shape index (κ1) is 17.8. The predicted octanol–water partition coefficient (Wildman–Crippen LogP) is -5.70. The summed E-state index contributed by atoms with van der Waals surface area (Å²) in [6.45, 7) is -0.643. The van der Waals surface area contributed by atoms with E-state index in [4.69, 9.17) is 63.3 Å². The Morgan fingerprint density at radius 2 is 1.50 bits per heavy atom. The van der Waals surface area contributed by atoms with Gasteiger partial charge in [-0.2, -0.15) is 0 Å². The van der Waals surface area contributed by atoms with Crippen molar-refractivity contribution in [1.82, 2.24) is 3.43 Å². The predicted molar refractivity (Wildman–Crippen MR) is 109 cm³/mol. The second kappa shape index (κ2) is 9.63. The van der Waals surface area contributed by atoms with Gasteiger partial charge in [0.1, 0.15) is 8.04 Å². The van der Waals surface area contributed by atoms with Gasteiger partial charge in [0.05, 0.1) is 0 Å².